The van der Waals surface area contributed by atoms with Gasteiger partial charge in [0.2, 0.25) is 0 Å². The maximum Gasteiger partial charge on any atom is 0.339 e. The van der Waals surface area contributed by atoms with Crippen molar-refractivity contribution in [2.45, 2.75) is 25.9 Å². The number of aromatic hydroxyl groups is 1. The predicted molar refractivity (Wildman–Crippen MR) is 62.9 cm³/mol. The molecule has 17 heavy (non-hydrogen) atoms. The number of phenolic OH excluding ortho intramolecular Hbond substituents is 1. The summed E-state index contributed by atoms with van der Waals surface area (Å²) in [5, 5.41) is 9.85. The number of phenols is 1. The molecule has 88 valence electrons. The molecule has 1 aliphatic carbocycles. The van der Waals surface area contributed by atoms with E-state index in [1.54, 1.807) is 12.1 Å². The van der Waals surface area contributed by atoms with Gasteiger partial charge >= 0.3 is 5.97 Å². The fourth-order valence-electron chi connectivity index (χ4n) is 2.90. The van der Waals surface area contributed by atoms with Crippen molar-refractivity contribution in [2.75, 3.05) is 0 Å². The van der Waals surface area contributed by atoms with E-state index >= 15 is 0 Å². The predicted octanol–water partition coefficient (Wildman–Crippen LogP) is 2.74. The summed E-state index contributed by atoms with van der Waals surface area (Å²) >= 11 is 0. The Labute approximate surface area is 99.7 Å². The van der Waals surface area contributed by atoms with Gasteiger partial charge in [0.1, 0.15) is 11.9 Å². The molecule has 0 saturated carbocycles. The van der Waals surface area contributed by atoms with E-state index in [1.807, 2.05) is 6.92 Å². The molecule has 2 aliphatic rings. The molecule has 2 unspecified atom stereocenters. The molecule has 0 bridgehead atoms. The van der Waals surface area contributed by atoms with Crippen LogP contribution in [0.25, 0.3) is 0 Å². The van der Waals surface area contributed by atoms with Gasteiger partial charge in [0, 0.05) is 17.0 Å². The quantitative estimate of drug-likeness (QED) is 0.596. The van der Waals surface area contributed by atoms with Crippen molar-refractivity contribution in [3.8, 4) is 5.75 Å². The Kier molecular flexibility index (Phi) is 2.05. The molecule has 3 rings (SSSR count). The smallest absolute Gasteiger partial charge is 0.339 e. The van der Waals surface area contributed by atoms with Crippen molar-refractivity contribution in [3.63, 3.8) is 0 Å². The molecular weight excluding hydrogens is 216 g/mol. The number of hydrogen-bond acceptors (Lipinski definition) is 3. The highest BCUT2D eigenvalue weighted by atomic mass is 16.5. The van der Waals surface area contributed by atoms with Crippen LogP contribution in [-0.2, 0) is 11.2 Å². The monoisotopic (exact) mass is 230 g/mol. The van der Waals surface area contributed by atoms with E-state index in [0.717, 1.165) is 29.5 Å². The number of esters is 1. The first-order valence-corrected chi connectivity index (χ1v) is 5.80. The molecule has 0 amide bonds. The van der Waals surface area contributed by atoms with Crippen LogP contribution in [-0.4, -0.2) is 11.1 Å². The first-order chi connectivity index (χ1) is 8.09. The Balaban J connectivity index is 2.20. The molecule has 2 atom stereocenters. The average Bonchev–Trinajstić information content (AvgIpc) is 2.61. The second kappa shape index (κ2) is 3.36. The summed E-state index contributed by atoms with van der Waals surface area (Å²) < 4.78 is 5.43. The molecule has 1 aromatic carbocycles. The Morgan fingerprint density at radius 3 is 3.00 bits per heavy atom. The molecule has 1 aromatic rings. The molecule has 0 aromatic heterocycles. The van der Waals surface area contributed by atoms with Gasteiger partial charge in [-0.15, -0.1) is 0 Å². The summed E-state index contributed by atoms with van der Waals surface area (Å²) in [6, 6.07) is 3.23. The van der Waals surface area contributed by atoms with Gasteiger partial charge in [0.25, 0.3) is 0 Å². The van der Waals surface area contributed by atoms with Crippen molar-refractivity contribution in [1.29, 1.82) is 0 Å². The molecule has 1 heterocycles. The summed E-state index contributed by atoms with van der Waals surface area (Å²) in [6.45, 7) is 5.93. The third-order valence-corrected chi connectivity index (χ3v) is 3.77. The average molecular weight is 230 g/mol. The van der Waals surface area contributed by atoms with E-state index in [2.05, 4.69) is 6.58 Å². The topological polar surface area (TPSA) is 46.5 Å². The number of carbonyl (C=O) groups excluding carboxylic acids is 1. The van der Waals surface area contributed by atoms with Crippen molar-refractivity contribution in [3.05, 3.63) is 41.0 Å². The van der Waals surface area contributed by atoms with Crippen LogP contribution in [0.4, 0.5) is 0 Å². The van der Waals surface area contributed by atoms with Crippen molar-refractivity contribution < 1.29 is 14.6 Å². The maximum absolute atomic E-state index is 11.8. The number of benzene rings is 1. The van der Waals surface area contributed by atoms with Crippen molar-refractivity contribution in [2.24, 2.45) is 5.92 Å². The van der Waals surface area contributed by atoms with Crippen LogP contribution in [0.3, 0.4) is 0 Å². The van der Waals surface area contributed by atoms with Crippen LogP contribution in [0, 0.1) is 5.92 Å². The highest BCUT2D eigenvalue weighted by Crippen LogP contribution is 2.48. The minimum atomic E-state index is -0.278. The second-order valence-electron chi connectivity index (χ2n) is 4.84. The molecule has 1 N–H and O–H groups in total. The van der Waals surface area contributed by atoms with E-state index in [0.29, 0.717) is 5.56 Å². The van der Waals surface area contributed by atoms with E-state index in [9.17, 15) is 9.90 Å². The van der Waals surface area contributed by atoms with Crippen LogP contribution in [0.5, 0.6) is 5.75 Å². The van der Waals surface area contributed by atoms with E-state index in [-0.39, 0.29) is 23.7 Å². The van der Waals surface area contributed by atoms with Gasteiger partial charge in [-0.05, 0) is 31.9 Å². The molecule has 3 nitrogen and oxygen atoms in total. The third kappa shape index (κ3) is 1.32. The zero-order chi connectivity index (χ0) is 12.2. The maximum atomic E-state index is 11.8. The summed E-state index contributed by atoms with van der Waals surface area (Å²) in [5.74, 6) is 0.168. The lowest BCUT2D eigenvalue weighted by molar-refractivity contribution is 0.0253. The van der Waals surface area contributed by atoms with Gasteiger partial charge in [-0.3, -0.25) is 0 Å². The Morgan fingerprint density at radius 2 is 2.29 bits per heavy atom. The van der Waals surface area contributed by atoms with Crippen molar-refractivity contribution >= 4 is 5.97 Å². The zero-order valence-corrected chi connectivity index (χ0v) is 9.69. The number of hydrogen-bond donors (Lipinski definition) is 1. The van der Waals surface area contributed by atoms with Gasteiger partial charge in [-0.25, -0.2) is 4.79 Å². The number of ether oxygens (including phenoxy) is 1. The fourth-order valence-corrected chi connectivity index (χ4v) is 2.90. The van der Waals surface area contributed by atoms with Gasteiger partial charge < -0.3 is 9.84 Å². The summed E-state index contributed by atoms with van der Waals surface area (Å²) in [4.78, 5) is 11.8. The Morgan fingerprint density at radius 1 is 1.53 bits per heavy atom. The first-order valence-electron chi connectivity index (χ1n) is 5.80. The van der Waals surface area contributed by atoms with Crippen LogP contribution < -0.4 is 0 Å². The molecule has 1 aliphatic heterocycles. The largest absolute Gasteiger partial charge is 0.508 e. The number of rotatable bonds is 1. The summed E-state index contributed by atoms with van der Waals surface area (Å²) in [6.07, 6.45) is 1.41. The minimum absolute atomic E-state index is 0.175. The van der Waals surface area contributed by atoms with Crippen LogP contribution in [0.2, 0.25) is 0 Å². The van der Waals surface area contributed by atoms with Gasteiger partial charge in [0.05, 0.1) is 5.56 Å². The van der Waals surface area contributed by atoms with Gasteiger partial charge in [-0.2, -0.15) is 0 Å². The second-order valence-corrected chi connectivity index (χ2v) is 4.84. The normalized spacial score (nSPS) is 25.4. The Hall–Kier alpha value is -1.77. The third-order valence-electron chi connectivity index (χ3n) is 3.77. The minimum Gasteiger partial charge on any atom is -0.508 e. The standard InChI is InChI=1S/C14H14O3/c1-7(2)8-3-4-9-11(15)6-5-10-12(9)13(8)17-14(10)16/h5-6,8,13,15H,1,3-4H2,2H3. The lowest BCUT2D eigenvalue weighted by atomic mass is 9.77. The van der Waals surface area contributed by atoms with E-state index in [4.69, 9.17) is 4.74 Å². The highest BCUT2D eigenvalue weighted by molar-refractivity contribution is 5.95. The van der Waals surface area contributed by atoms with Crippen LogP contribution in [0.15, 0.2) is 24.3 Å². The first kappa shape index (κ1) is 10.4. The summed E-state index contributed by atoms with van der Waals surface area (Å²) in [7, 11) is 0. The highest BCUT2D eigenvalue weighted by Gasteiger charge is 2.42. The molecule has 0 spiro atoms. The molecule has 0 fully saturated rings. The van der Waals surface area contributed by atoms with E-state index in [1.165, 1.54) is 0 Å². The molecular formula is C14H14O3. The van der Waals surface area contributed by atoms with Crippen molar-refractivity contribution in [1.82, 2.24) is 0 Å². The lowest BCUT2D eigenvalue weighted by Crippen LogP contribution is -2.20. The van der Waals surface area contributed by atoms with Gasteiger partial charge in [0.15, 0.2) is 0 Å². The van der Waals surface area contributed by atoms with E-state index < -0.39 is 0 Å². The Bertz CT molecular complexity index is 531. The fraction of sp³-hybridized carbons (Fsp3) is 0.357. The lowest BCUT2D eigenvalue weighted by Gasteiger charge is -2.29. The summed E-state index contributed by atoms with van der Waals surface area (Å²) in [5.41, 5.74) is 3.39. The van der Waals surface area contributed by atoms with Crippen LogP contribution in [0.1, 0.15) is 40.9 Å². The molecule has 3 heteroatoms. The zero-order valence-electron chi connectivity index (χ0n) is 9.69. The van der Waals surface area contributed by atoms with Gasteiger partial charge in [-0.1, -0.05) is 12.2 Å². The SMILES string of the molecule is C=C(C)C1CCc2c(O)ccc3c2C1OC3=O. The van der Waals surface area contributed by atoms with Crippen LogP contribution >= 0.6 is 0 Å². The number of carbonyl (C=O) groups is 1. The molecule has 0 saturated heterocycles. The molecule has 0 radical (unpaired) electrons.